The minimum absolute atomic E-state index is 0.139. The number of phenols is 1. The number of ether oxygens (including phenoxy) is 1. The zero-order chi connectivity index (χ0) is 11.4. The lowest BCUT2D eigenvalue weighted by molar-refractivity contribution is 0.0676. The van der Waals surface area contributed by atoms with Gasteiger partial charge in [0.25, 0.3) is 5.90 Å². The molecule has 0 fully saturated rings. The molecule has 5 heteroatoms. The van der Waals surface area contributed by atoms with E-state index < -0.39 is 0 Å². The molecule has 0 saturated carbocycles. The zero-order valence-electron chi connectivity index (χ0n) is 8.88. The Bertz CT molecular complexity index is 441. The number of phenolic OH excluding ortho intramolecular Hbond substituents is 1. The lowest BCUT2D eigenvalue weighted by Crippen LogP contribution is -2.25. The maximum Gasteiger partial charge on any atom is 0.276 e. The average Bonchev–Trinajstić information content (AvgIpc) is 2.34. The number of hydrogen-bond donors (Lipinski definition) is 1. The SMILES string of the molecule is C/N=C(/C1=NOCCO1)c1ccccc1O. The van der Waals surface area contributed by atoms with Crippen LogP contribution in [0.3, 0.4) is 0 Å². The fourth-order valence-corrected chi connectivity index (χ4v) is 1.42. The van der Waals surface area contributed by atoms with Gasteiger partial charge in [0.05, 0.1) is 0 Å². The average molecular weight is 220 g/mol. The van der Waals surface area contributed by atoms with Crippen LogP contribution >= 0.6 is 0 Å². The van der Waals surface area contributed by atoms with Gasteiger partial charge in [-0.2, -0.15) is 0 Å². The van der Waals surface area contributed by atoms with Crippen LogP contribution in [-0.2, 0) is 9.57 Å². The van der Waals surface area contributed by atoms with Crippen molar-refractivity contribution < 1.29 is 14.7 Å². The summed E-state index contributed by atoms with van der Waals surface area (Å²) >= 11 is 0. The maximum atomic E-state index is 9.71. The number of para-hydroxylation sites is 1. The van der Waals surface area contributed by atoms with Gasteiger partial charge < -0.3 is 14.7 Å². The van der Waals surface area contributed by atoms with E-state index in [2.05, 4.69) is 10.1 Å². The molecule has 0 atom stereocenters. The highest BCUT2D eigenvalue weighted by atomic mass is 16.7. The molecule has 1 N–H and O–H groups in total. The van der Waals surface area contributed by atoms with Gasteiger partial charge in [0.2, 0.25) is 0 Å². The lowest BCUT2D eigenvalue weighted by atomic mass is 10.1. The number of benzene rings is 1. The van der Waals surface area contributed by atoms with Crippen molar-refractivity contribution in [3.63, 3.8) is 0 Å². The van der Waals surface area contributed by atoms with E-state index in [9.17, 15) is 5.11 Å². The van der Waals surface area contributed by atoms with Crippen LogP contribution in [-0.4, -0.2) is 37.0 Å². The van der Waals surface area contributed by atoms with Gasteiger partial charge >= 0.3 is 0 Å². The summed E-state index contributed by atoms with van der Waals surface area (Å²) in [5.74, 6) is 0.440. The number of aliphatic imine (C=N–C) groups is 1. The summed E-state index contributed by atoms with van der Waals surface area (Å²) in [6.07, 6.45) is 0. The minimum atomic E-state index is 0.139. The molecule has 0 bridgehead atoms. The molecule has 1 aliphatic heterocycles. The molecule has 0 radical (unpaired) electrons. The topological polar surface area (TPSA) is 63.4 Å². The first kappa shape index (κ1) is 10.5. The van der Waals surface area contributed by atoms with Gasteiger partial charge in [-0.25, -0.2) is 0 Å². The third-order valence-corrected chi connectivity index (χ3v) is 2.15. The van der Waals surface area contributed by atoms with E-state index in [0.29, 0.717) is 30.4 Å². The second-order valence-electron chi connectivity index (χ2n) is 3.17. The Morgan fingerprint density at radius 1 is 1.38 bits per heavy atom. The van der Waals surface area contributed by atoms with E-state index in [0.717, 1.165) is 0 Å². The molecule has 0 spiro atoms. The Morgan fingerprint density at radius 3 is 2.81 bits per heavy atom. The number of rotatable bonds is 2. The highest BCUT2D eigenvalue weighted by Gasteiger charge is 2.19. The standard InChI is InChI=1S/C11H12N2O3/c1-12-10(11-13-16-7-6-15-11)8-4-2-3-5-9(8)14/h2-5,14H,6-7H2,1H3/b12-10+. The van der Waals surface area contributed by atoms with Crippen molar-refractivity contribution in [3.05, 3.63) is 29.8 Å². The van der Waals surface area contributed by atoms with Gasteiger partial charge in [-0.3, -0.25) is 4.99 Å². The second kappa shape index (κ2) is 4.65. The largest absolute Gasteiger partial charge is 0.507 e. The highest BCUT2D eigenvalue weighted by Crippen LogP contribution is 2.18. The molecular weight excluding hydrogens is 208 g/mol. The molecule has 84 valence electrons. The predicted molar refractivity (Wildman–Crippen MR) is 59.9 cm³/mol. The van der Waals surface area contributed by atoms with Crippen LogP contribution < -0.4 is 0 Å². The normalized spacial score (nSPS) is 16.1. The fraction of sp³-hybridized carbons (Fsp3) is 0.273. The number of oxime groups is 1. The summed E-state index contributed by atoms with van der Waals surface area (Å²) in [7, 11) is 1.61. The predicted octanol–water partition coefficient (Wildman–Crippen LogP) is 1.17. The smallest absolute Gasteiger partial charge is 0.276 e. The highest BCUT2D eigenvalue weighted by molar-refractivity contribution is 6.45. The molecule has 16 heavy (non-hydrogen) atoms. The van der Waals surface area contributed by atoms with Gasteiger partial charge in [0.15, 0.2) is 6.61 Å². The summed E-state index contributed by atoms with van der Waals surface area (Å²) in [6, 6.07) is 6.89. The van der Waals surface area contributed by atoms with E-state index in [1.807, 2.05) is 6.07 Å². The third-order valence-electron chi connectivity index (χ3n) is 2.15. The monoisotopic (exact) mass is 220 g/mol. The molecule has 2 rings (SSSR count). The molecule has 0 amide bonds. The molecule has 0 unspecified atom stereocenters. The van der Waals surface area contributed by atoms with Gasteiger partial charge in [-0.1, -0.05) is 12.1 Å². The third kappa shape index (κ3) is 1.98. The lowest BCUT2D eigenvalue weighted by Gasteiger charge is -2.15. The summed E-state index contributed by atoms with van der Waals surface area (Å²) < 4.78 is 5.32. The van der Waals surface area contributed by atoms with Crippen molar-refractivity contribution in [2.75, 3.05) is 20.3 Å². The summed E-state index contributed by atoms with van der Waals surface area (Å²) in [5, 5.41) is 13.5. The van der Waals surface area contributed by atoms with Crippen molar-refractivity contribution in [3.8, 4) is 5.75 Å². The molecular formula is C11H12N2O3. The molecule has 5 nitrogen and oxygen atoms in total. The van der Waals surface area contributed by atoms with Crippen LogP contribution in [0.15, 0.2) is 34.4 Å². The summed E-state index contributed by atoms with van der Waals surface area (Å²) in [6.45, 7) is 0.868. The van der Waals surface area contributed by atoms with E-state index in [1.165, 1.54) is 0 Å². The van der Waals surface area contributed by atoms with E-state index in [1.54, 1.807) is 25.2 Å². The van der Waals surface area contributed by atoms with Crippen molar-refractivity contribution in [1.82, 2.24) is 0 Å². The first-order chi connectivity index (χ1) is 7.83. The van der Waals surface area contributed by atoms with Crippen molar-refractivity contribution in [2.45, 2.75) is 0 Å². The Hall–Kier alpha value is -2.04. The van der Waals surface area contributed by atoms with Crippen molar-refractivity contribution in [1.29, 1.82) is 0 Å². The van der Waals surface area contributed by atoms with E-state index >= 15 is 0 Å². The molecule has 0 saturated heterocycles. The Kier molecular flexibility index (Phi) is 3.05. The second-order valence-corrected chi connectivity index (χ2v) is 3.17. The van der Waals surface area contributed by atoms with Gasteiger partial charge in [-0.05, 0) is 17.3 Å². The Labute approximate surface area is 93.0 Å². The van der Waals surface area contributed by atoms with Crippen LogP contribution in [0.1, 0.15) is 5.56 Å². The fourth-order valence-electron chi connectivity index (χ4n) is 1.42. The van der Waals surface area contributed by atoms with E-state index in [4.69, 9.17) is 9.57 Å². The Morgan fingerprint density at radius 2 is 2.19 bits per heavy atom. The Balaban J connectivity index is 2.37. The van der Waals surface area contributed by atoms with Crippen LogP contribution in [0.25, 0.3) is 0 Å². The van der Waals surface area contributed by atoms with Crippen molar-refractivity contribution in [2.24, 2.45) is 10.1 Å². The molecule has 1 aromatic carbocycles. The first-order valence-corrected chi connectivity index (χ1v) is 4.91. The van der Waals surface area contributed by atoms with Gasteiger partial charge in [0.1, 0.15) is 18.1 Å². The first-order valence-electron chi connectivity index (χ1n) is 4.91. The summed E-state index contributed by atoms with van der Waals surface area (Å²) in [5.41, 5.74) is 1.06. The van der Waals surface area contributed by atoms with Crippen LogP contribution in [0, 0.1) is 0 Å². The van der Waals surface area contributed by atoms with Crippen LogP contribution in [0.5, 0.6) is 5.75 Å². The van der Waals surface area contributed by atoms with Crippen LogP contribution in [0.2, 0.25) is 0 Å². The van der Waals surface area contributed by atoms with Crippen LogP contribution in [0.4, 0.5) is 0 Å². The van der Waals surface area contributed by atoms with Gasteiger partial charge in [0, 0.05) is 12.6 Å². The number of nitrogens with zero attached hydrogens (tertiary/aromatic N) is 2. The quantitative estimate of drug-likeness (QED) is 0.761. The van der Waals surface area contributed by atoms with Crippen molar-refractivity contribution >= 4 is 11.6 Å². The molecule has 1 heterocycles. The van der Waals surface area contributed by atoms with E-state index in [-0.39, 0.29) is 5.75 Å². The molecule has 1 aromatic rings. The number of hydrogen-bond acceptors (Lipinski definition) is 5. The maximum absolute atomic E-state index is 9.71. The summed E-state index contributed by atoms with van der Waals surface area (Å²) in [4.78, 5) is 8.99. The zero-order valence-corrected chi connectivity index (χ0v) is 8.88. The molecule has 0 aliphatic carbocycles. The number of aromatic hydroxyl groups is 1. The minimum Gasteiger partial charge on any atom is -0.507 e. The molecule has 1 aliphatic rings. The van der Waals surface area contributed by atoms with Gasteiger partial charge in [-0.15, -0.1) is 0 Å². The molecule has 0 aromatic heterocycles.